The van der Waals surface area contributed by atoms with E-state index in [1.54, 1.807) is 0 Å². The molecule has 28 heavy (non-hydrogen) atoms. The number of carbonyl (C=O) groups excluding carboxylic acids is 1. The number of nitrogens with zero attached hydrogens (tertiary/aromatic N) is 3. The van der Waals surface area contributed by atoms with Gasteiger partial charge in [-0.05, 0) is 43.4 Å². The van der Waals surface area contributed by atoms with Gasteiger partial charge in [-0.3, -0.25) is 9.48 Å². The van der Waals surface area contributed by atoms with Gasteiger partial charge >= 0.3 is 0 Å². The predicted octanol–water partition coefficient (Wildman–Crippen LogP) is 5.42. The second-order valence-corrected chi connectivity index (χ2v) is 8.62. The maximum Gasteiger partial charge on any atom is 0.247 e. The van der Waals surface area contributed by atoms with Gasteiger partial charge in [0.05, 0.1) is 5.52 Å². The van der Waals surface area contributed by atoms with E-state index in [2.05, 4.69) is 13.8 Å². The number of hydrogen-bond donors (Lipinski definition) is 0. The standard InChI is InChI=1S/C23H26ClN3O/c1-15-11-16(2)14-26(13-15)23(28)17(3)27-21-10-9-19(24)12-20(21)22(25-27)18-7-5-4-6-8-18/h4-10,12,15-17H,11,13-14H2,1-3H3/t15-,16-,17-/m1/s1. The Kier molecular flexibility index (Phi) is 5.15. The third-order valence-corrected chi connectivity index (χ3v) is 5.86. The summed E-state index contributed by atoms with van der Waals surface area (Å²) in [6, 6.07) is 15.4. The van der Waals surface area contributed by atoms with Gasteiger partial charge in [0.1, 0.15) is 11.7 Å². The molecule has 2 aromatic carbocycles. The van der Waals surface area contributed by atoms with Crippen molar-refractivity contribution in [1.82, 2.24) is 14.7 Å². The number of piperidine rings is 1. The summed E-state index contributed by atoms with van der Waals surface area (Å²) < 4.78 is 1.86. The van der Waals surface area contributed by atoms with E-state index in [4.69, 9.17) is 16.7 Å². The lowest BCUT2D eigenvalue weighted by Gasteiger charge is -2.36. The number of fused-ring (bicyclic) bond motifs is 1. The van der Waals surface area contributed by atoms with E-state index >= 15 is 0 Å². The Bertz CT molecular complexity index is 988. The fourth-order valence-corrected chi connectivity index (χ4v) is 4.60. The molecule has 146 valence electrons. The van der Waals surface area contributed by atoms with Crippen LogP contribution in [0.15, 0.2) is 48.5 Å². The summed E-state index contributed by atoms with van der Waals surface area (Å²) in [4.78, 5) is 15.3. The van der Waals surface area contributed by atoms with Crippen LogP contribution in [0.5, 0.6) is 0 Å². The van der Waals surface area contributed by atoms with Crippen molar-refractivity contribution in [2.75, 3.05) is 13.1 Å². The Balaban J connectivity index is 1.75. The van der Waals surface area contributed by atoms with E-state index in [9.17, 15) is 4.79 Å². The summed E-state index contributed by atoms with van der Waals surface area (Å²) in [6.07, 6.45) is 1.18. The van der Waals surface area contributed by atoms with Gasteiger partial charge in [-0.25, -0.2) is 0 Å². The van der Waals surface area contributed by atoms with Crippen molar-refractivity contribution < 1.29 is 4.79 Å². The number of carbonyl (C=O) groups is 1. The Morgan fingerprint density at radius 1 is 1.11 bits per heavy atom. The van der Waals surface area contributed by atoms with Gasteiger partial charge in [-0.15, -0.1) is 0 Å². The van der Waals surface area contributed by atoms with Crippen LogP contribution in [0.2, 0.25) is 5.02 Å². The number of amides is 1. The van der Waals surface area contributed by atoms with Crippen LogP contribution < -0.4 is 0 Å². The zero-order chi connectivity index (χ0) is 19.8. The fraction of sp³-hybridized carbons (Fsp3) is 0.391. The minimum atomic E-state index is -0.362. The molecule has 2 heterocycles. The highest BCUT2D eigenvalue weighted by Crippen LogP contribution is 2.32. The molecular weight excluding hydrogens is 370 g/mol. The molecule has 0 radical (unpaired) electrons. The monoisotopic (exact) mass is 395 g/mol. The summed E-state index contributed by atoms with van der Waals surface area (Å²) in [6.45, 7) is 8.04. The van der Waals surface area contributed by atoms with Crippen LogP contribution in [0.1, 0.15) is 33.2 Å². The van der Waals surface area contributed by atoms with Crippen LogP contribution >= 0.6 is 11.6 Å². The third kappa shape index (κ3) is 3.53. The van der Waals surface area contributed by atoms with E-state index in [0.717, 1.165) is 35.2 Å². The first-order chi connectivity index (χ1) is 13.4. The molecule has 1 saturated heterocycles. The first-order valence-corrected chi connectivity index (χ1v) is 10.3. The van der Waals surface area contributed by atoms with Crippen LogP contribution in [-0.2, 0) is 4.79 Å². The van der Waals surface area contributed by atoms with Gasteiger partial charge in [0.25, 0.3) is 0 Å². The maximum absolute atomic E-state index is 13.3. The van der Waals surface area contributed by atoms with Gasteiger partial charge < -0.3 is 4.90 Å². The smallest absolute Gasteiger partial charge is 0.247 e. The van der Waals surface area contributed by atoms with Gasteiger partial charge in [-0.2, -0.15) is 5.10 Å². The largest absolute Gasteiger partial charge is 0.340 e. The Labute approximate surface area is 171 Å². The summed E-state index contributed by atoms with van der Waals surface area (Å²) in [5.41, 5.74) is 2.81. The summed E-state index contributed by atoms with van der Waals surface area (Å²) >= 11 is 6.27. The Morgan fingerprint density at radius 2 is 1.79 bits per heavy atom. The second-order valence-electron chi connectivity index (χ2n) is 8.19. The lowest BCUT2D eigenvalue weighted by Crippen LogP contribution is -2.45. The molecule has 3 atom stereocenters. The van der Waals surface area contributed by atoms with Gasteiger partial charge in [-0.1, -0.05) is 55.8 Å². The molecule has 0 N–H and O–H groups in total. The lowest BCUT2D eigenvalue weighted by molar-refractivity contribution is -0.137. The highest BCUT2D eigenvalue weighted by Gasteiger charge is 2.30. The quantitative estimate of drug-likeness (QED) is 0.593. The fourth-order valence-electron chi connectivity index (χ4n) is 4.43. The summed E-state index contributed by atoms with van der Waals surface area (Å²) in [7, 11) is 0. The molecule has 4 rings (SSSR count). The first kappa shape index (κ1) is 19.0. The van der Waals surface area contributed by atoms with Gasteiger partial charge in [0.15, 0.2) is 0 Å². The predicted molar refractivity (Wildman–Crippen MR) is 114 cm³/mol. The normalized spacial score (nSPS) is 21.1. The topological polar surface area (TPSA) is 38.1 Å². The number of benzene rings is 2. The number of rotatable bonds is 3. The number of likely N-dealkylation sites (tertiary alicyclic amines) is 1. The Morgan fingerprint density at radius 3 is 2.46 bits per heavy atom. The molecule has 3 aromatic rings. The van der Waals surface area contributed by atoms with Crippen LogP contribution in [0, 0.1) is 11.8 Å². The summed E-state index contributed by atoms with van der Waals surface area (Å²) in [5, 5.41) is 6.50. The molecule has 0 unspecified atom stereocenters. The number of hydrogen-bond acceptors (Lipinski definition) is 2. The van der Waals surface area contributed by atoms with Crippen molar-refractivity contribution in [3.05, 3.63) is 53.6 Å². The Hall–Kier alpha value is -2.33. The lowest BCUT2D eigenvalue weighted by atomic mass is 9.91. The van der Waals surface area contributed by atoms with Crippen LogP contribution in [-0.4, -0.2) is 33.7 Å². The summed E-state index contributed by atoms with van der Waals surface area (Å²) in [5.74, 6) is 1.21. The average molecular weight is 396 g/mol. The number of halogens is 1. The molecule has 5 heteroatoms. The van der Waals surface area contributed by atoms with E-state index in [0.29, 0.717) is 16.9 Å². The molecule has 1 amide bonds. The van der Waals surface area contributed by atoms with Gasteiger partial charge in [0.2, 0.25) is 5.91 Å². The van der Waals surface area contributed by atoms with E-state index in [1.165, 1.54) is 6.42 Å². The molecular formula is C23H26ClN3O. The van der Waals surface area contributed by atoms with Crippen LogP contribution in [0.4, 0.5) is 0 Å². The zero-order valence-corrected chi connectivity index (χ0v) is 17.4. The third-order valence-electron chi connectivity index (χ3n) is 5.62. The molecule has 0 aliphatic carbocycles. The van der Waals surface area contributed by atoms with Gasteiger partial charge in [0, 0.05) is 29.1 Å². The molecule has 1 aliphatic heterocycles. The van der Waals surface area contributed by atoms with Crippen molar-refractivity contribution in [3.8, 4) is 11.3 Å². The zero-order valence-electron chi connectivity index (χ0n) is 16.6. The minimum Gasteiger partial charge on any atom is -0.340 e. The minimum absolute atomic E-state index is 0.136. The molecule has 1 aromatic heterocycles. The molecule has 0 bridgehead atoms. The van der Waals surface area contributed by atoms with E-state index < -0.39 is 0 Å². The van der Waals surface area contributed by atoms with Crippen molar-refractivity contribution in [3.63, 3.8) is 0 Å². The SMILES string of the molecule is C[C@@H]1C[C@@H](C)CN(C(=O)[C@@H](C)n2nc(-c3ccccc3)c3cc(Cl)ccc32)C1. The highest BCUT2D eigenvalue weighted by molar-refractivity contribution is 6.31. The van der Waals surface area contributed by atoms with Crippen LogP contribution in [0.25, 0.3) is 22.2 Å². The first-order valence-electron chi connectivity index (χ1n) is 9.96. The van der Waals surface area contributed by atoms with Crippen molar-refractivity contribution in [2.24, 2.45) is 11.8 Å². The molecule has 0 spiro atoms. The molecule has 0 saturated carbocycles. The maximum atomic E-state index is 13.3. The van der Waals surface area contributed by atoms with E-state index in [1.807, 2.05) is 65.0 Å². The molecule has 1 aliphatic rings. The molecule has 4 nitrogen and oxygen atoms in total. The molecule has 1 fully saturated rings. The van der Waals surface area contributed by atoms with Crippen molar-refractivity contribution >= 4 is 28.4 Å². The number of aromatic nitrogens is 2. The van der Waals surface area contributed by atoms with Crippen molar-refractivity contribution in [2.45, 2.75) is 33.2 Å². The van der Waals surface area contributed by atoms with Crippen LogP contribution in [0.3, 0.4) is 0 Å². The second kappa shape index (κ2) is 7.59. The average Bonchev–Trinajstić information content (AvgIpc) is 3.05. The highest BCUT2D eigenvalue weighted by atomic mass is 35.5. The van der Waals surface area contributed by atoms with E-state index in [-0.39, 0.29) is 11.9 Å². The van der Waals surface area contributed by atoms with Crippen molar-refractivity contribution in [1.29, 1.82) is 0 Å².